The van der Waals surface area contributed by atoms with Crippen molar-refractivity contribution >= 4 is 5.91 Å². The van der Waals surface area contributed by atoms with E-state index in [1.54, 1.807) is 14.0 Å². The second kappa shape index (κ2) is 7.36. The third kappa shape index (κ3) is 4.48. The van der Waals surface area contributed by atoms with Crippen molar-refractivity contribution in [1.29, 1.82) is 0 Å². The van der Waals surface area contributed by atoms with Crippen molar-refractivity contribution in [2.45, 2.75) is 19.5 Å². The van der Waals surface area contributed by atoms with Gasteiger partial charge < -0.3 is 15.4 Å². The lowest BCUT2D eigenvalue weighted by Gasteiger charge is -2.13. The van der Waals surface area contributed by atoms with Gasteiger partial charge in [0, 0.05) is 6.54 Å². The molecule has 0 spiro atoms. The fourth-order valence-electron chi connectivity index (χ4n) is 1.44. The molecular weight excluding hydrogens is 228 g/mol. The molecule has 1 amide bonds. The molecule has 0 bridgehead atoms. The summed E-state index contributed by atoms with van der Waals surface area (Å²) in [5, 5.41) is 5.75. The molecule has 4 nitrogen and oxygen atoms in total. The number of ether oxygens (including phenoxy) is 1. The van der Waals surface area contributed by atoms with E-state index in [0.29, 0.717) is 6.54 Å². The van der Waals surface area contributed by atoms with Crippen molar-refractivity contribution < 1.29 is 9.53 Å². The lowest BCUT2D eigenvalue weighted by Crippen LogP contribution is -2.41. The molecule has 96 valence electrons. The Hall–Kier alpha value is -1.99. The van der Waals surface area contributed by atoms with Gasteiger partial charge in [0.05, 0.1) is 19.7 Å². The number of nitrogens with one attached hydrogen (secondary N) is 2. The summed E-state index contributed by atoms with van der Waals surface area (Å²) in [6.45, 7) is 2.65. The van der Waals surface area contributed by atoms with Crippen molar-refractivity contribution in [3.8, 4) is 18.1 Å². The summed E-state index contributed by atoms with van der Waals surface area (Å²) in [5.74, 6) is 3.07. The van der Waals surface area contributed by atoms with Gasteiger partial charge in [0.2, 0.25) is 5.91 Å². The average Bonchev–Trinajstić information content (AvgIpc) is 2.42. The zero-order chi connectivity index (χ0) is 13.4. The van der Waals surface area contributed by atoms with Crippen LogP contribution in [-0.4, -0.2) is 25.6 Å². The predicted octanol–water partition coefficient (Wildman–Crippen LogP) is 0.923. The molecule has 2 N–H and O–H groups in total. The smallest absolute Gasteiger partial charge is 0.237 e. The molecule has 1 atom stereocenters. The van der Waals surface area contributed by atoms with Gasteiger partial charge >= 0.3 is 0 Å². The molecule has 0 radical (unpaired) electrons. The van der Waals surface area contributed by atoms with Gasteiger partial charge in [-0.25, -0.2) is 0 Å². The van der Waals surface area contributed by atoms with E-state index < -0.39 is 0 Å². The molecule has 0 saturated heterocycles. The Morgan fingerprint density at radius 2 is 2.33 bits per heavy atom. The maximum Gasteiger partial charge on any atom is 0.237 e. The number of terminal acetylenes is 1. The standard InChI is InChI=1S/C14H18N2O2/c1-4-8-15-14(17)11(2)16-10-12-6-5-7-13(9-12)18-3/h1,5-7,9,11,16H,8,10H2,2-3H3,(H,15,17). The summed E-state index contributed by atoms with van der Waals surface area (Å²) in [6.07, 6.45) is 5.07. The molecule has 0 saturated carbocycles. The molecule has 1 rings (SSSR count). The van der Waals surface area contributed by atoms with Crippen LogP contribution in [0.1, 0.15) is 12.5 Å². The van der Waals surface area contributed by atoms with Gasteiger partial charge in [-0.3, -0.25) is 4.79 Å². The molecule has 1 unspecified atom stereocenters. The fourth-order valence-corrected chi connectivity index (χ4v) is 1.44. The molecule has 18 heavy (non-hydrogen) atoms. The first kappa shape index (κ1) is 14.1. The molecule has 1 aromatic carbocycles. The second-order valence-electron chi connectivity index (χ2n) is 3.88. The Kier molecular flexibility index (Phi) is 5.75. The maximum atomic E-state index is 11.6. The normalized spacial score (nSPS) is 11.4. The summed E-state index contributed by atoms with van der Waals surface area (Å²) in [7, 11) is 1.63. The van der Waals surface area contributed by atoms with Gasteiger partial charge in [-0.15, -0.1) is 6.42 Å². The minimum Gasteiger partial charge on any atom is -0.497 e. The van der Waals surface area contributed by atoms with Crippen LogP contribution in [0.4, 0.5) is 0 Å². The van der Waals surface area contributed by atoms with Gasteiger partial charge in [0.25, 0.3) is 0 Å². The lowest BCUT2D eigenvalue weighted by atomic mass is 10.2. The predicted molar refractivity (Wildman–Crippen MR) is 71.1 cm³/mol. The van der Waals surface area contributed by atoms with Gasteiger partial charge in [-0.2, -0.15) is 0 Å². The molecular formula is C14H18N2O2. The zero-order valence-electron chi connectivity index (χ0n) is 10.7. The van der Waals surface area contributed by atoms with Crippen LogP contribution in [0.25, 0.3) is 0 Å². The summed E-state index contributed by atoms with van der Waals surface area (Å²) in [6, 6.07) is 7.41. The molecule has 0 aliphatic heterocycles. The highest BCUT2D eigenvalue weighted by Crippen LogP contribution is 2.12. The van der Waals surface area contributed by atoms with Gasteiger partial charge in [0.15, 0.2) is 0 Å². The van der Waals surface area contributed by atoms with Crippen molar-refractivity contribution in [2.75, 3.05) is 13.7 Å². The Bertz CT molecular complexity index is 438. The van der Waals surface area contributed by atoms with Crippen LogP contribution in [0.15, 0.2) is 24.3 Å². The Balaban J connectivity index is 2.44. The largest absolute Gasteiger partial charge is 0.497 e. The van der Waals surface area contributed by atoms with Crippen molar-refractivity contribution in [2.24, 2.45) is 0 Å². The zero-order valence-corrected chi connectivity index (χ0v) is 10.7. The highest BCUT2D eigenvalue weighted by Gasteiger charge is 2.10. The topological polar surface area (TPSA) is 50.4 Å². The van der Waals surface area contributed by atoms with E-state index in [4.69, 9.17) is 11.2 Å². The first-order valence-electron chi connectivity index (χ1n) is 5.75. The molecule has 1 aromatic rings. The van der Waals surface area contributed by atoms with Crippen LogP contribution in [-0.2, 0) is 11.3 Å². The molecule has 0 fully saturated rings. The fraction of sp³-hybridized carbons (Fsp3) is 0.357. The Morgan fingerprint density at radius 3 is 3.00 bits per heavy atom. The number of hydrogen-bond acceptors (Lipinski definition) is 3. The quantitative estimate of drug-likeness (QED) is 0.734. The van der Waals surface area contributed by atoms with E-state index >= 15 is 0 Å². The maximum absolute atomic E-state index is 11.6. The molecule has 0 heterocycles. The van der Waals surface area contributed by atoms with E-state index in [1.165, 1.54) is 0 Å². The minimum atomic E-state index is -0.287. The molecule has 0 aliphatic rings. The second-order valence-corrected chi connectivity index (χ2v) is 3.88. The van der Waals surface area contributed by atoms with Crippen molar-refractivity contribution in [3.63, 3.8) is 0 Å². The minimum absolute atomic E-state index is 0.101. The highest BCUT2D eigenvalue weighted by atomic mass is 16.5. The van der Waals surface area contributed by atoms with Crippen LogP contribution < -0.4 is 15.4 Å². The first-order valence-corrected chi connectivity index (χ1v) is 5.75. The van der Waals surface area contributed by atoms with Crippen molar-refractivity contribution in [1.82, 2.24) is 10.6 Å². The molecule has 0 aromatic heterocycles. The van der Waals surface area contributed by atoms with Crippen LogP contribution in [0, 0.1) is 12.3 Å². The number of hydrogen-bond donors (Lipinski definition) is 2. The summed E-state index contributed by atoms with van der Waals surface area (Å²) >= 11 is 0. The molecule has 0 aliphatic carbocycles. The summed E-state index contributed by atoms with van der Waals surface area (Å²) < 4.78 is 5.13. The first-order chi connectivity index (χ1) is 8.67. The SMILES string of the molecule is C#CCNC(=O)C(C)NCc1cccc(OC)c1. The van der Waals surface area contributed by atoms with Crippen LogP contribution in [0.3, 0.4) is 0 Å². The van der Waals surface area contributed by atoms with Crippen molar-refractivity contribution in [3.05, 3.63) is 29.8 Å². The van der Waals surface area contributed by atoms with Gasteiger partial charge in [0.1, 0.15) is 5.75 Å². The van der Waals surface area contributed by atoms with E-state index in [-0.39, 0.29) is 18.5 Å². The third-order valence-corrected chi connectivity index (χ3v) is 2.50. The Labute approximate surface area is 108 Å². The summed E-state index contributed by atoms with van der Waals surface area (Å²) in [5.41, 5.74) is 1.06. The number of methoxy groups -OCH3 is 1. The van der Waals surface area contributed by atoms with Gasteiger partial charge in [-0.1, -0.05) is 18.1 Å². The van der Waals surface area contributed by atoms with E-state index in [2.05, 4.69) is 16.6 Å². The van der Waals surface area contributed by atoms with Crippen LogP contribution in [0.2, 0.25) is 0 Å². The lowest BCUT2D eigenvalue weighted by molar-refractivity contribution is -0.122. The van der Waals surface area contributed by atoms with Gasteiger partial charge in [-0.05, 0) is 24.6 Å². The van der Waals surface area contributed by atoms with E-state index in [0.717, 1.165) is 11.3 Å². The van der Waals surface area contributed by atoms with Crippen LogP contribution in [0.5, 0.6) is 5.75 Å². The number of carbonyl (C=O) groups is 1. The number of benzene rings is 1. The third-order valence-electron chi connectivity index (χ3n) is 2.50. The van der Waals surface area contributed by atoms with Crippen LogP contribution >= 0.6 is 0 Å². The van der Waals surface area contributed by atoms with E-state index in [9.17, 15) is 4.79 Å². The molecule has 4 heteroatoms. The number of rotatable bonds is 6. The average molecular weight is 246 g/mol. The Morgan fingerprint density at radius 1 is 1.56 bits per heavy atom. The summed E-state index contributed by atoms with van der Waals surface area (Å²) in [4.78, 5) is 11.6. The van der Waals surface area contributed by atoms with E-state index in [1.807, 2.05) is 24.3 Å². The monoisotopic (exact) mass is 246 g/mol. The number of amides is 1. The highest BCUT2D eigenvalue weighted by molar-refractivity contribution is 5.81. The number of carbonyl (C=O) groups excluding carboxylic acids is 1.